The Hall–Kier alpha value is -2.43. The molecule has 5 heteroatoms. The molecule has 3 rings (SSSR count). The number of hydrogen-bond acceptors (Lipinski definition) is 3. The van der Waals surface area contributed by atoms with Crippen LogP contribution < -0.4 is 5.56 Å². The first-order valence-electron chi connectivity index (χ1n) is 7.95. The van der Waals surface area contributed by atoms with Gasteiger partial charge in [-0.15, -0.1) is 0 Å². The minimum absolute atomic E-state index is 0.165. The Morgan fingerprint density at radius 1 is 1.35 bits per heavy atom. The Bertz CT molecular complexity index is 764. The van der Waals surface area contributed by atoms with Gasteiger partial charge < -0.3 is 9.47 Å². The molecule has 0 radical (unpaired) electrons. The number of aromatic nitrogens is 2. The van der Waals surface area contributed by atoms with Crippen molar-refractivity contribution < 1.29 is 4.79 Å². The largest absolute Gasteiger partial charge is 0.341 e. The van der Waals surface area contributed by atoms with Crippen molar-refractivity contribution in [3.8, 4) is 0 Å². The molecule has 0 bridgehead atoms. The third kappa shape index (κ3) is 3.33. The van der Waals surface area contributed by atoms with E-state index in [1.54, 1.807) is 28.9 Å². The molecule has 1 aliphatic carbocycles. The molecule has 1 saturated carbocycles. The van der Waals surface area contributed by atoms with Gasteiger partial charge in [-0.2, -0.15) is 0 Å². The number of likely N-dealkylation sites (N-methyl/N-ethyl adjacent to an activating group) is 1. The van der Waals surface area contributed by atoms with Gasteiger partial charge >= 0.3 is 0 Å². The third-order valence-electron chi connectivity index (χ3n) is 4.26. The second kappa shape index (κ2) is 6.36. The molecule has 1 aliphatic rings. The first-order valence-corrected chi connectivity index (χ1v) is 7.95. The Balaban J connectivity index is 1.77. The Morgan fingerprint density at radius 2 is 2.13 bits per heavy atom. The normalized spacial score (nSPS) is 13.8. The first kappa shape index (κ1) is 15.5. The fourth-order valence-corrected chi connectivity index (χ4v) is 2.66. The van der Waals surface area contributed by atoms with Crippen molar-refractivity contribution in [1.29, 1.82) is 0 Å². The third-order valence-corrected chi connectivity index (χ3v) is 4.26. The second-order valence-corrected chi connectivity index (χ2v) is 6.12. The van der Waals surface area contributed by atoms with Crippen molar-refractivity contribution in [2.45, 2.75) is 32.2 Å². The lowest BCUT2D eigenvalue weighted by molar-refractivity contribution is 0.0793. The summed E-state index contributed by atoms with van der Waals surface area (Å²) in [7, 11) is 1.73. The summed E-state index contributed by atoms with van der Waals surface area (Å²) in [6.07, 6.45) is 6.26. The number of hydrogen-bond donors (Lipinski definition) is 0. The zero-order valence-corrected chi connectivity index (χ0v) is 13.5. The van der Waals surface area contributed by atoms with E-state index < -0.39 is 0 Å². The van der Waals surface area contributed by atoms with Gasteiger partial charge in [-0.1, -0.05) is 6.07 Å². The van der Waals surface area contributed by atoms with Crippen LogP contribution in [0.4, 0.5) is 0 Å². The maximum atomic E-state index is 12.7. The van der Waals surface area contributed by atoms with E-state index in [0.29, 0.717) is 18.5 Å². The fourth-order valence-electron chi connectivity index (χ4n) is 2.66. The van der Waals surface area contributed by atoms with Gasteiger partial charge in [0.15, 0.2) is 0 Å². The molecular formula is C18H21N3O2. The molecule has 2 aromatic heterocycles. The highest BCUT2D eigenvalue weighted by atomic mass is 16.2. The maximum absolute atomic E-state index is 12.7. The van der Waals surface area contributed by atoms with E-state index in [9.17, 15) is 9.59 Å². The molecule has 0 aromatic carbocycles. The number of carbonyl (C=O) groups excluding carboxylic acids is 1. The number of rotatable bonds is 5. The number of pyridine rings is 2. The summed E-state index contributed by atoms with van der Waals surface area (Å²) in [6, 6.07) is 7.87. The predicted octanol–water partition coefficient (Wildman–Crippen LogP) is 2.20. The summed E-state index contributed by atoms with van der Waals surface area (Å²) < 4.78 is 1.70. The minimum Gasteiger partial charge on any atom is -0.341 e. The average molecular weight is 311 g/mol. The molecule has 5 nitrogen and oxygen atoms in total. The highest BCUT2D eigenvalue weighted by Crippen LogP contribution is 2.33. The van der Waals surface area contributed by atoms with Gasteiger partial charge in [-0.3, -0.25) is 14.6 Å². The molecule has 0 aliphatic heterocycles. The van der Waals surface area contributed by atoms with Gasteiger partial charge in [0, 0.05) is 44.1 Å². The molecule has 1 amide bonds. The lowest BCUT2D eigenvalue weighted by atomic mass is 10.1. The summed E-state index contributed by atoms with van der Waals surface area (Å²) in [6.45, 7) is 2.35. The van der Waals surface area contributed by atoms with Crippen LogP contribution in [0.1, 0.15) is 40.5 Å². The average Bonchev–Trinajstić information content (AvgIpc) is 3.38. The van der Waals surface area contributed by atoms with Crippen LogP contribution in [-0.4, -0.2) is 34.0 Å². The molecule has 0 saturated heterocycles. The number of carbonyl (C=O) groups is 1. The van der Waals surface area contributed by atoms with E-state index in [0.717, 1.165) is 24.1 Å². The van der Waals surface area contributed by atoms with Crippen molar-refractivity contribution in [2.24, 2.45) is 0 Å². The Morgan fingerprint density at radius 3 is 2.78 bits per heavy atom. The molecule has 1 fully saturated rings. The van der Waals surface area contributed by atoms with Gasteiger partial charge in [0.2, 0.25) is 0 Å². The summed E-state index contributed by atoms with van der Waals surface area (Å²) >= 11 is 0. The first-order chi connectivity index (χ1) is 11.1. The van der Waals surface area contributed by atoms with Gasteiger partial charge in [-0.25, -0.2) is 0 Å². The molecule has 120 valence electrons. The SMILES string of the molecule is Cc1ccn(C2CC2)c(=O)c1C(=O)N(C)CCc1ccccn1. The zero-order chi connectivity index (χ0) is 16.4. The van der Waals surface area contributed by atoms with E-state index in [2.05, 4.69) is 4.98 Å². The summed E-state index contributed by atoms with van der Waals surface area (Å²) in [4.78, 5) is 31.2. The van der Waals surface area contributed by atoms with Crippen LogP contribution in [0.2, 0.25) is 0 Å². The molecular weight excluding hydrogens is 290 g/mol. The minimum atomic E-state index is -0.210. The molecule has 0 atom stereocenters. The number of nitrogens with zero attached hydrogens (tertiary/aromatic N) is 3. The smallest absolute Gasteiger partial charge is 0.263 e. The van der Waals surface area contributed by atoms with Gasteiger partial charge in [-0.05, 0) is 43.5 Å². The fraction of sp³-hybridized carbons (Fsp3) is 0.389. The van der Waals surface area contributed by atoms with Crippen LogP contribution in [0.25, 0.3) is 0 Å². The predicted molar refractivity (Wildman–Crippen MR) is 88.6 cm³/mol. The standard InChI is InChI=1S/C18H21N3O2/c1-13-8-12-21(15-6-7-15)18(23)16(13)17(22)20(2)11-9-14-5-3-4-10-19-14/h3-5,8,10,12,15H,6-7,9,11H2,1-2H3. The van der Waals surface area contributed by atoms with E-state index in [4.69, 9.17) is 0 Å². The van der Waals surface area contributed by atoms with Crippen LogP contribution in [0, 0.1) is 6.92 Å². The van der Waals surface area contributed by atoms with E-state index in [1.165, 1.54) is 0 Å². The van der Waals surface area contributed by atoms with Crippen LogP contribution >= 0.6 is 0 Å². The second-order valence-electron chi connectivity index (χ2n) is 6.12. The number of aryl methyl sites for hydroxylation is 1. The van der Waals surface area contributed by atoms with Crippen molar-refractivity contribution >= 4 is 5.91 Å². The zero-order valence-electron chi connectivity index (χ0n) is 13.5. The highest BCUT2D eigenvalue weighted by molar-refractivity contribution is 5.95. The molecule has 2 heterocycles. The molecule has 0 N–H and O–H groups in total. The molecule has 23 heavy (non-hydrogen) atoms. The lowest BCUT2D eigenvalue weighted by Gasteiger charge is -2.18. The van der Waals surface area contributed by atoms with Crippen molar-refractivity contribution in [3.63, 3.8) is 0 Å². The molecule has 0 unspecified atom stereocenters. The van der Waals surface area contributed by atoms with Crippen molar-refractivity contribution in [1.82, 2.24) is 14.5 Å². The summed E-state index contributed by atoms with van der Waals surface area (Å²) in [5, 5.41) is 0. The lowest BCUT2D eigenvalue weighted by Crippen LogP contribution is -2.36. The van der Waals surface area contributed by atoms with Crippen LogP contribution in [-0.2, 0) is 6.42 Å². The summed E-state index contributed by atoms with van der Waals surface area (Å²) in [5.74, 6) is -0.210. The van der Waals surface area contributed by atoms with Crippen molar-refractivity contribution in [2.75, 3.05) is 13.6 Å². The maximum Gasteiger partial charge on any atom is 0.263 e. The monoisotopic (exact) mass is 311 g/mol. The van der Waals surface area contributed by atoms with Crippen LogP contribution in [0.15, 0.2) is 41.5 Å². The number of amides is 1. The van der Waals surface area contributed by atoms with Crippen LogP contribution in [0.3, 0.4) is 0 Å². The van der Waals surface area contributed by atoms with Crippen LogP contribution in [0.5, 0.6) is 0 Å². The Kier molecular flexibility index (Phi) is 4.28. The van der Waals surface area contributed by atoms with E-state index in [-0.39, 0.29) is 17.5 Å². The van der Waals surface area contributed by atoms with E-state index in [1.807, 2.05) is 31.2 Å². The van der Waals surface area contributed by atoms with Crippen molar-refractivity contribution in [3.05, 3.63) is 63.8 Å². The van der Waals surface area contributed by atoms with Gasteiger partial charge in [0.25, 0.3) is 11.5 Å². The topological polar surface area (TPSA) is 55.2 Å². The van der Waals surface area contributed by atoms with Gasteiger partial charge in [0.05, 0.1) is 0 Å². The summed E-state index contributed by atoms with van der Waals surface area (Å²) in [5.41, 5.74) is 1.80. The van der Waals surface area contributed by atoms with Gasteiger partial charge in [0.1, 0.15) is 5.56 Å². The molecule has 2 aromatic rings. The Labute approximate surface area is 135 Å². The quantitative estimate of drug-likeness (QED) is 0.850. The molecule has 0 spiro atoms. The van der Waals surface area contributed by atoms with E-state index >= 15 is 0 Å². The highest BCUT2D eigenvalue weighted by Gasteiger charge is 2.27.